The number of piperidine rings is 1. The van der Waals surface area contributed by atoms with Crippen molar-refractivity contribution < 1.29 is 13.2 Å². The van der Waals surface area contributed by atoms with Crippen molar-refractivity contribution in [3.63, 3.8) is 0 Å². The van der Waals surface area contributed by atoms with Crippen LogP contribution in [-0.4, -0.2) is 48.1 Å². The zero-order chi connectivity index (χ0) is 18.3. The fraction of sp³-hybridized carbons (Fsp3) is 0.353. The number of hydrogen-bond donors (Lipinski definition) is 2. The number of amides is 1. The van der Waals surface area contributed by atoms with Crippen molar-refractivity contribution in [2.75, 3.05) is 18.4 Å². The minimum atomic E-state index is -3.59. The number of rotatable bonds is 3. The van der Waals surface area contributed by atoms with E-state index in [1.807, 2.05) is 6.21 Å². The van der Waals surface area contributed by atoms with E-state index in [0.29, 0.717) is 18.8 Å². The molecular weight excluding hydrogens is 354 g/mol. The number of aliphatic imine (C=N–C) groups is 1. The summed E-state index contributed by atoms with van der Waals surface area (Å²) in [6.07, 6.45) is 4.34. The number of nitrogens with zero attached hydrogens (tertiary/aromatic N) is 3. The number of anilines is 1. The summed E-state index contributed by atoms with van der Waals surface area (Å²) in [6.45, 7) is 2.26. The summed E-state index contributed by atoms with van der Waals surface area (Å²) >= 11 is 0. The Bertz CT molecular complexity index is 965. The SMILES string of the molecule is CC(=O)Nc1ccc(S(=O)(=O)N2CCC3c4cn[nH]c4N=CC3C2)cc1. The number of hydrogen-bond acceptors (Lipinski definition) is 5. The predicted molar refractivity (Wildman–Crippen MR) is 97.1 cm³/mol. The van der Waals surface area contributed by atoms with Crippen molar-refractivity contribution in [1.82, 2.24) is 14.5 Å². The van der Waals surface area contributed by atoms with Gasteiger partial charge >= 0.3 is 0 Å². The van der Waals surface area contributed by atoms with E-state index in [1.165, 1.54) is 23.4 Å². The van der Waals surface area contributed by atoms with Gasteiger partial charge in [0.2, 0.25) is 15.9 Å². The van der Waals surface area contributed by atoms with Crippen LogP contribution in [-0.2, 0) is 14.8 Å². The highest BCUT2D eigenvalue weighted by Gasteiger charge is 2.38. The lowest BCUT2D eigenvalue weighted by Crippen LogP contribution is -2.44. The quantitative estimate of drug-likeness (QED) is 0.856. The number of sulfonamides is 1. The zero-order valence-electron chi connectivity index (χ0n) is 14.2. The average Bonchev–Trinajstić information content (AvgIpc) is 3.10. The normalized spacial score (nSPS) is 22.5. The van der Waals surface area contributed by atoms with E-state index in [2.05, 4.69) is 20.5 Å². The maximum atomic E-state index is 13.0. The molecular formula is C17H19N5O3S. The van der Waals surface area contributed by atoms with Gasteiger partial charge in [0, 0.05) is 43.4 Å². The summed E-state index contributed by atoms with van der Waals surface area (Å²) in [6, 6.07) is 6.24. The van der Waals surface area contributed by atoms with Crippen LogP contribution in [0, 0.1) is 5.92 Å². The summed E-state index contributed by atoms with van der Waals surface area (Å²) in [4.78, 5) is 15.7. The lowest BCUT2D eigenvalue weighted by molar-refractivity contribution is -0.114. The molecule has 2 atom stereocenters. The average molecular weight is 373 g/mol. The highest BCUT2D eigenvalue weighted by molar-refractivity contribution is 7.89. The Hall–Kier alpha value is -2.52. The van der Waals surface area contributed by atoms with Crippen LogP contribution in [0.3, 0.4) is 0 Å². The minimum absolute atomic E-state index is 0.0438. The van der Waals surface area contributed by atoms with Gasteiger partial charge in [-0.2, -0.15) is 9.40 Å². The van der Waals surface area contributed by atoms with Crippen molar-refractivity contribution in [1.29, 1.82) is 0 Å². The number of aromatic amines is 1. The molecule has 0 aliphatic carbocycles. The van der Waals surface area contributed by atoms with E-state index in [4.69, 9.17) is 0 Å². The lowest BCUT2D eigenvalue weighted by atomic mass is 9.81. The molecule has 136 valence electrons. The Morgan fingerprint density at radius 3 is 2.81 bits per heavy atom. The summed E-state index contributed by atoms with van der Waals surface area (Å²) in [5.74, 6) is 0.867. The highest BCUT2D eigenvalue weighted by Crippen LogP contribution is 2.40. The molecule has 9 heteroatoms. The second kappa shape index (κ2) is 6.33. The van der Waals surface area contributed by atoms with Gasteiger partial charge < -0.3 is 5.32 Å². The summed E-state index contributed by atoms with van der Waals surface area (Å²) in [5.41, 5.74) is 1.64. The summed E-state index contributed by atoms with van der Waals surface area (Å²) < 4.78 is 27.4. The first-order chi connectivity index (χ1) is 12.4. The first-order valence-electron chi connectivity index (χ1n) is 8.40. The molecule has 26 heavy (non-hydrogen) atoms. The smallest absolute Gasteiger partial charge is 0.243 e. The molecule has 0 radical (unpaired) electrons. The topological polar surface area (TPSA) is 108 Å². The summed E-state index contributed by atoms with van der Waals surface area (Å²) in [7, 11) is -3.59. The van der Waals surface area contributed by atoms with E-state index < -0.39 is 10.0 Å². The second-order valence-corrected chi connectivity index (χ2v) is 8.52. The monoisotopic (exact) mass is 373 g/mol. The van der Waals surface area contributed by atoms with Crippen LogP contribution in [0.15, 0.2) is 40.4 Å². The number of nitrogens with one attached hydrogen (secondary N) is 2. The van der Waals surface area contributed by atoms with Gasteiger partial charge in [-0.3, -0.25) is 9.89 Å². The third kappa shape index (κ3) is 2.93. The van der Waals surface area contributed by atoms with Gasteiger partial charge in [0.25, 0.3) is 0 Å². The molecule has 1 aromatic carbocycles. The number of carbonyl (C=O) groups is 1. The van der Waals surface area contributed by atoms with Gasteiger partial charge in [-0.05, 0) is 36.6 Å². The predicted octanol–water partition coefficient (Wildman–Crippen LogP) is 1.88. The largest absolute Gasteiger partial charge is 0.326 e. The molecule has 1 fully saturated rings. The zero-order valence-corrected chi connectivity index (χ0v) is 15.0. The van der Waals surface area contributed by atoms with Crippen molar-refractivity contribution in [2.24, 2.45) is 10.9 Å². The van der Waals surface area contributed by atoms with Gasteiger partial charge in [-0.15, -0.1) is 0 Å². The molecule has 2 aliphatic heterocycles. The molecule has 3 heterocycles. The van der Waals surface area contributed by atoms with Gasteiger partial charge in [0.1, 0.15) is 0 Å². The van der Waals surface area contributed by atoms with Crippen LogP contribution in [0.2, 0.25) is 0 Å². The maximum Gasteiger partial charge on any atom is 0.243 e. The van der Waals surface area contributed by atoms with Gasteiger partial charge in [0.05, 0.1) is 11.1 Å². The Balaban J connectivity index is 1.53. The van der Waals surface area contributed by atoms with Gasteiger partial charge in [-0.1, -0.05) is 0 Å². The fourth-order valence-electron chi connectivity index (χ4n) is 3.60. The molecule has 0 spiro atoms. The van der Waals surface area contributed by atoms with Crippen LogP contribution in [0.1, 0.15) is 24.8 Å². The molecule has 4 rings (SSSR count). The Morgan fingerprint density at radius 1 is 1.31 bits per heavy atom. The van der Waals surface area contributed by atoms with Crippen LogP contribution in [0.5, 0.6) is 0 Å². The van der Waals surface area contributed by atoms with Gasteiger partial charge in [0.15, 0.2) is 5.82 Å². The van der Waals surface area contributed by atoms with Crippen molar-refractivity contribution in [3.05, 3.63) is 36.0 Å². The van der Waals surface area contributed by atoms with E-state index in [9.17, 15) is 13.2 Å². The molecule has 1 saturated heterocycles. The third-order valence-corrected chi connectivity index (χ3v) is 6.75. The van der Waals surface area contributed by atoms with Crippen molar-refractivity contribution in [2.45, 2.75) is 24.2 Å². The standard InChI is InChI=1S/C17H19N5O3S/c1-11(23)20-13-2-4-14(5-3-13)26(24,25)22-7-6-15-12(10-22)8-18-17-16(15)9-19-21-17/h2-5,8-9,12,15H,6-7,10H2,1H3,(H,19,21)(H,20,23). The molecule has 2 aliphatic rings. The molecule has 0 saturated carbocycles. The summed E-state index contributed by atoms with van der Waals surface area (Å²) in [5, 5.41) is 9.54. The number of benzene rings is 1. The molecule has 2 aromatic rings. The molecule has 0 bridgehead atoms. The van der Waals surface area contributed by atoms with E-state index >= 15 is 0 Å². The molecule has 8 nitrogen and oxygen atoms in total. The Morgan fingerprint density at radius 2 is 2.08 bits per heavy atom. The van der Waals surface area contributed by atoms with Crippen LogP contribution >= 0.6 is 0 Å². The Kier molecular flexibility index (Phi) is 4.12. The first kappa shape index (κ1) is 16.9. The maximum absolute atomic E-state index is 13.0. The van der Waals surface area contributed by atoms with Crippen LogP contribution in [0.4, 0.5) is 11.5 Å². The molecule has 1 aromatic heterocycles. The molecule has 2 unspecified atom stereocenters. The minimum Gasteiger partial charge on any atom is -0.326 e. The number of carbonyl (C=O) groups excluding carboxylic acids is 1. The molecule has 2 N–H and O–H groups in total. The van der Waals surface area contributed by atoms with Crippen molar-refractivity contribution in [3.8, 4) is 0 Å². The van der Waals surface area contributed by atoms with E-state index in [0.717, 1.165) is 17.8 Å². The van der Waals surface area contributed by atoms with Crippen molar-refractivity contribution >= 4 is 33.7 Å². The fourth-order valence-corrected chi connectivity index (χ4v) is 5.09. The van der Waals surface area contributed by atoms with Gasteiger partial charge in [-0.25, -0.2) is 13.4 Å². The lowest BCUT2D eigenvalue weighted by Gasteiger charge is -2.37. The Labute approximate surface area is 151 Å². The number of fused-ring (bicyclic) bond motifs is 3. The van der Waals surface area contributed by atoms with E-state index in [-0.39, 0.29) is 22.6 Å². The number of aromatic nitrogens is 2. The van der Waals surface area contributed by atoms with Crippen LogP contribution < -0.4 is 5.32 Å². The molecule has 1 amide bonds. The number of H-pyrrole nitrogens is 1. The van der Waals surface area contributed by atoms with E-state index in [1.54, 1.807) is 18.3 Å². The second-order valence-electron chi connectivity index (χ2n) is 6.58. The third-order valence-electron chi connectivity index (χ3n) is 4.88. The highest BCUT2D eigenvalue weighted by atomic mass is 32.2. The van der Waals surface area contributed by atoms with Crippen LogP contribution in [0.25, 0.3) is 0 Å². The first-order valence-corrected chi connectivity index (χ1v) is 9.84.